The van der Waals surface area contributed by atoms with Crippen LogP contribution in [-0.4, -0.2) is 35.1 Å². The molecule has 1 aliphatic rings. The number of aliphatic carboxylic acids is 1. The SMILES string of the molecule is C#CCN(CC(=O)O)C1CCCC(C)C1. The zero-order valence-electron chi connectivity index (χ0n) is 9.28. The van der Waals surface area contributed by atoms with Crippen LogP contribution in [0.2, 0.25) is 0 Å². The van der Waals surface area contributed by atoms with Crippen molar-refractivity contribution in [3.8, 4) is 12.3 Å². The number of nitrogens with zero attached hydrogens (tertiary/aromatic N) is 1. The van der Waals surface area contributed by atoms with Crippen molar-refractivity contribution in [3.63, 3.8) is 0 Å². The Morgan fingerprint density at radius 3 is 2.87 bits per heavy atom. The monoisotopic (exact) mass is 209 g/mol. The van der Waals surface area contributed by atoms with Crippen LogP contribution in [0.5, 0.6) is 0 Å². The molecule has 0 radical (unpaired) electrons. The van der Waals surface area contributed by atoms with Crippen LogP contribution in [0.25, 0.3) is 0 Å². The predicted molar refractivity (Wildman–Crippen MR) is 59.5 cm³/mol. The van der Waals surface area contributed by atoms with Crippen molar-refractivity contribution in [1.29, 1.82) is 0 Å². The van der Waals surface area contributed by atoms with Gasteiger partial charge in [0, 0.05) is 6.04 Å². The van der Waals surface area contributed by atoms with Crippen LogP contribution in [0.1, 0.15) is 32.6 Å². The van der Waals surface area contributed by atoms with Gasteiger partial charge in [-0.2, -0.15) is 0 Å². The highest BCUT2D eigenvalue weighted by Crippen LogP contribution is 2.26. The number of rotatable bonds is 4. The quantitative estimate of drug-likeness (QED) is 0.715. The molecule has 0 bridgehead atoms. The van der Waals surface area contributed by atoms with Crippen molar-refractivity contribution in [2.45, 2.75) is 38.6 Å². The van der Waals surface area contributed by atoms with Crippen LogP contribution in [-0.2, 0) is 4.79 Å². The Balaban J connectivity index is 2.54. The van der Waals surface area contributed by atoms with E-state index in [0.717, 1.165) is 12.8 Å². The third kappa shape index (κ3) is 3.93. The number of carbonyl (C=O) groups is 1. The van der Waals surface area contributed by atoms with Crippen molar-refractivity contribution in [2.75, 3.05) is 13.1 Å². The number of carboxylic acid groups (broad SMARTS) is 1. The molecular formula is C12H19NO2. The third-order valence-corrected chi connectivity index (χ3v) is 3.06. The maximum absolute atomic E-state index is 10.7. The van der Waals surface area contributed by atoms with E-state index in [1.54, 1.807) is 0 Å². The molecule has 0 aromatic rings. The van der Waals surface area contributed by atoms with E-state index < -0.39 is 5.97 Å². The lowest BCUT2D eigenvalue weighted by Crippen LogP contribution is -2.41. The molecule has 0 spiro atoms. The van der Waals surface area contributed by atoms with Crippen LogP contribution >= 0.6 is 0 Å². The van der Waals surface area contributed by atoms with E-state index in [9.17, 15) is 4.79 Å². The highest BCUT2D eigenvalue weighted by atomic mass is 16.4. The fourth-order valence-electron chi connectivity index (χ4n) is 2.34. The fraction of sp³-hybridized carbons (Fsp3) is 0.750. The molecule has 1 aliphatic carbocycles. The van der Waals surface area contributed by atoms with Gasteiger partial charge in [0.2, 0.25) is 0 Å². The molecule has 1 saturated carbocycles. The summed E-state index contributed by atoms with van der Waals surface area (Å²) in [5.74, 6) is 2.45. The molecule has 0 aromatic heterocycles. The second kappa shape index (κ2) is 5.77. The van der Waals surface area contributed by atoms with Gasteiger partial charge in [-0.25, -0.2) is 0 Å². The molecule has 0 aliphatic heterocycles. The molecule has 0 aromatic carbocycles. The molecule has 84 valence electrons. The molecule has 1 rings (SSSR count). The Bertz CT molecular complexity index is 257. The topological polar surface area (TPSA) is 40.5 Å². The zero-order chi connectivity index (χ0) is 11.3. The molecule has 1 N–H and O–H groups in total. The minimum absolute atomic E-state index is 0.0710. The molecule has 0 heterocycles. The summed E-state index contributed by atoms with van der Waals surface area (Å²) in [5, 5.41) is 8.80. The van der Waals surface area contributed by atoms with Gasteiger partial charge < -0.3 is 5.11 Å². The molecule has 3 nitrogen and oxygen atoms in total. The molecule has 3 heteroatoms. The second-order valence-electron chi connectivity index (χ2n) is 4.43. The fourth-order valence-corrected chi connectivity index (χ4v) is 2.34. The smallest absolute Gasteiger partial charge is 0.317 e. The number of hydrogen-bond donors (Lipinski definition) is 1. The summed E-state index contributed by atoms with van der Waals surface area (Å²) in [7, 11) is 0. The standard InChI is InChI=1S/C12H19NO2/c1-3-7-13(9-12(14)15)11-6-4-5-10(2)8-11/h1,10-11H,4-9H2,2H3,(H,14,15). The summed E-state index contributed by atoms with van der Waals surface area (Å²) in [4.78, 5) is 12.6. The first-order valence-electron chi connectivity index (χ1n) is 5.52. The minimum atomic E-state index is -0.788. The van der Waals surface area contributed by atoms with Gasteiger partial charge in [-0.05, 0) is 18.8 Å². The van der Waals surface area contributed by atoms with Gasteiger partial charge in [0.25, 0.3) is 0 Å². The van der Waals surface area contributed by atoms with E-state index in [1.165, 1.54) is 12.8 Å². The van der Waals surface area contributed by atoms with Crippen LogP contribution in [0.4, 0.5) is 0 Å². The first-order valence-corrected chi connectivity index (χ1v) is 5.52. The Hall–Kier alpha value is -1.01. The van der Waals surface area contributed by atoms with Gasteiger partial charge in [-0.15, -0.1) is 6.42 Å². The van der Waals surface area contributed by atoms with Crippen molar-refractivity contribution in [3.05, 3.63) is 0 Å². The minimum Gasteiger partial charge on any atom is -0.480 e. The second-order valence-corrected chi connectivity index (χ2v) is 4.43. The predicted octanol–water partition coefficient (Wildman–Crippen LogP) is 1.58. The summed E-state index contributed by atoms with van der Waals surface area (Å²) in [6.45, 7) is 2.74. The molecular weight excluding hydrogens is 190 g/mol. The molecule has 15 heavy (non-hydrogen) atoms. The normalized spacial score (nSPS) is 26.2. The first kappa shape index (κ1) is 12.1. The van der Waals surface area contributed by atoms with Crippen LogP contribution in [0.3, 0.4) is 0 Å². The summed E-state index contributed by atoms with van der Waals surface area (Å²) < 4.78 is 0. The van der Waals surface area contributed by atoms with Crippen molar-refractivity contribution in [1.82, 2.24) is 4.90 Å². The first-order chi connectivity index (χ1) is 7.13. The summed E-state index contributed by atoms with van der Waals surface area (Å²) in [5.41, 5.74) is 0. The van der Waals surface area contributed by atoms with E-state index in [2.05, 4.69) is 12.8 Å². The van der Waals surface area contributed by atoms with Crippen molar-refractivity contribution < 1.29 is 9.90 Å². The summed E-state index contributed by atoms with van der Waals surface area (Å²) in [6, 6.07) is 0.362. The van der Waals surface area contributed by atoms with Crippen molar-refractivity contribution >= 4 is 5.97 Å². The Labute approximate surface area is 91.5 Å². The van der Waals surface area contributed by atoms with Gasteiger partial charge in [0.1, 0.15) is 0 Å². The maximum atomic E-state index is 10.7. The highest BCUT2D eigenvalue weighted by Gasteiger charge is 2.25. The Kier molecular flexibility index (Phi) is 4.64. The Morgan fingerprint density at radius 1 is 1.60 bits per heavy atom. The molecule has 0 saturated heterocycles. The van der Waals surface area contributed by atoms with Gasteiger partial charge in [0.05, 0.1) is 13.1 Å². The van der Waals surface area contributed by atoms with E-state index in [-0.39, 0.29) is 6.54 Å². The molecule has 2 unspecified atom stereocenters. The maximum Gasteiger partial charge on any atom is 0.317 e. The van der Waals surface area contributed by atoms with Gasteiger partial charge in [-0.1, -0.05) is 25.7 Å². The van der Waals surface area contributed by atoms with Crippen molar-refractivity contribution in [2.24, 2.45) is 5.92 Å². The van der Waals surface area contributed by atoms with Crippen LogP contribution < -0.4 is 0 Å². The zero-order valence-corrected chi connectivity index (χ0v) is 9.28. The van der Waals surface area contributed by atoms with E-state index in [4.69, 9.17) is 11.5 Å². The average molecular weight is 209 g/mol. The Morgan fingerprint density at radius 2 is 2.33 bits per heavy atom. The highest BCUT2D eigenvalue weighted by molar-refractivity contribution is 5.69. The molecule has 0 amide bonds. The van der Waals surface area contributed by atoms with E-state index in [1.807, 2.05) is 4.90 Å². The van der Waals surface area contributed by atoms with E-state index in [0.29, 0.717) is 18.5 Å². The van der Waals surface area contributed by atoms with Crippen LogP contribution in [0, 0.1) is 18.3 Å². The third-order valence-electron chi connectivity index (χ3n) is 3.06. The summed E-state index contributed by atoms with van der Waals surface area (Å²) >= 11 is 0. The average Bonchev–Trinajstić information content (AvgIpc) is 2.16. The lowest BCUT2D eigenvalue weighted by atomic mass is 9.86. The van der Waals surface area contributed by atoms with Gasteiger partial charge >= 0.3 is 5.97 Å². The lowest BCUT2D eigenvalue weighted by Gasteiger charge is -2.34. The van der Waals surface area contributed by atoms with Crippen LogP contribution in [0.15, 0.2) is 0 Å². The molecule has 2 atom stereocenters. The lowest BCUT2D eigenvalue weighted by molar-refractivity contribution is -0.139. The number of hydrogen-bond acceptors (Lipinski definition) is 2. The number of terminal acetylenes is 1. The largest absolute Gasteiger partial charge is 0.480 e. The van der Waals surface area contributed by atoms with E-state index >= 15 is 0 Å². The number of carboxylic acids is 1. The van der Waals surface area contributed by atoms with Gasteiger partial charge in [-0.3, -0.25) is 9.69 Å². The summed E-state index contributed by atoms with van der Waals surface area (Å²) in [6.07, 6.45) is 9.87. The van der Waals surface area contributed by atoms with Gasteiger partial charge in [0.15, 0.2) is 0 Å². The molecule has 1 fully saturated rings.